The molecule has 4 aromatic carbocycles. The van der Waals surface area contributed by atoms with Crippen LogP contribution in [0.3, 0.4) is 0 Å². The monoisotopic (exact) mass is 376 g/mol. The molecule has 0 atom stereocenters. The summed E-state index contributed by atoms with van der Waals surface area (Å²) in [6, 6.07) is 29.1. The Morgan fingerprint density at radius 1 is 0.724 bits per heavy atom. The first-order chi connectivity index (χ1) is 14.0. The zero-order valence-corrected chi connectivity index (χ0v) is 17.5. The molecule has 5 rings (SSSR count). The molecule has 0 fully saturated rings. The summed E-state index contributed by atoms with van der Waals surface area (Å²) in [7, 11) is 2.18. The summed E-state index contributed by atoms with van der Waals surface area (Å²) in [5.41, 5.74) is 6.55. The summed E-state index contributed by atoms with van der Waals surface area (Å²) in [6.07, 6.45) is 0. The Kier molecular flexibility index (Phi) is 4.13. The maximum absolute atomic E-state index is 2.33. The second-order valence-corrected chi connectivity index (χ2v) is 8.37. The van der Waals surface area contributed by atoms with E-state index < -0.39 is 0 Å². The van der Waals surface area contributed by atoms with E-state index in [1.807, 2.05) is 0 Å². The molecule has 1 nitrogen and oxygen atoms in total. The second-order valence-electron chi connectivity index (χ2n) is 8.37. The molecular formula is C28H26N+. The fourth-order valence-electron chi connectivity index (χ4n) is 4.61. The Morgan fingerprint density at radius 3 is 2.28 bits per heavy atom. The summed E-state index contributed by atoms with van der Waals surface area (Å²) < 4.78 is 2.33. The van der Waals surface area contributed by atoms with Gasteiger partial charge in [-0.25, -0.2) is 0 Å². The molecule has 0 aliphatic carbocycles. The van der Waals surface area contributed by atoms with Gasteiger partial charge in [0.1, 0.15) is 7.05 Å². The van der Waals surface area contributed by atoms with Crippen molar-refractivity contribution in [1.29, 1.82) is 0 Å². The summed E-state index contributed by atoms with van der Waals surface area (Å²) in [5, 5.41) is 6.58. The van der Waals surface area contributed by atoms with Crippen LogP contribution in [0.4, 0.5) is 0 Å². The van der Waals surface area contributed by atoms with Crippen LogP contribution in [-0.2, 0) is 7.05 Å². The highest BCUT2D eigenvalue weighted by Crippen LogP contribution is 2.34. The molecule has 0 unspecified atom stereocenters. The normalized spacial score (nSPS) is 11.8. The Balaban J connectivity index is 1.78. The van der Waals surface area contributed by atoms with E-state index in [0.29, 0.717) is 5.92 Å². The molecule has 142 valence electrons. The van der Waals surface area contributed by atoms with Gasteiger partial charge in [0.2, 0.25) is 11.2 Å². The predicted octanol–water partition coefficient (Wildman–Crippen LogP) is 7.07. The van der Waals surface area contributed by atoms with Crippen molar-refractivity contribution in [2.75, 3.05) is 0 Å². The zero-order valence-electron chi connectivity index (χ0n) is 17.5. The van der Waals surface area contributed by atoms with Gasteiger partial charge >= 0.3 is 0 Å². The quantitative estimate of drug-likeness (QED) is 0.229. The molecule has 0 aliphatic heterocycles. The third-order valence-electron chi connectivity index (χ3n) is 6.31. The highest BCUT2D eigenvalue weighted by atomic mass is 14.9. The van der Waals surface area contributed by atoms with Crippen LogP contribution in [0.5, 0.6) is 0 Å². The minimum absolute atomic E-state index is 0.542. The Bertz CT molecular complexity index is 1390. The number of aromatic nitrogens is 1. The summed E-state index contributed by atoms with van der Waals surface area (Å²) in [4.78, 5) is 0. The number of benzene rings is 4. The zero-order chi connectivity index (χ0) is 20.1. The maximum Gasteiger partial charge on any atom is 0.213 e. The minimum atomic E-state index is 0.542. The highest BCUT2D eigenvalue weighted by molar-refractivity contribution is 6.10. The van der Waals surface area contributed by atoms with Crippen LogP contribution in [0.1, 0.15) is 30.9 Å². The van der Waals surface area contributed by atoms with Gasteiger partial charge < -0.3 is 0 Å². The standard InChI is InChI=1S/C28H26N/c1-18(2)22-12-15-26-23(17-22)13-16-27(29(26)4)24-14-11-21-10-9-20-7-5-6-8-25(20)28(21)19(24)3/h5-18H,1-4H3/q+1. The van der Waals surface area contributed by atoms with E-state index in [2.05, 4.69) is 111 Å². The summed E-state index contributed by atoms with van der Waals surface area (Å²) >= 11 is 0. The van der Waals surface area contributed by atoms with Crippen LogP contribution < -0.4 is 4.57 Å². The molecule has 1 aromatic heterocycles. The third-order valence-corrected chi connectivity index (χ3v) is 6.31. The average molecular weight is 377 g/mol. The van der Waals surface area contributed by atoms with Gasteiger partial charge in [-0.3, -0.25) is 0 Å². The SMILES string of the molecule is Cc1c(-c2ccc3cc(C(C)C)ccc3[n+]2C)ccc2ccc3ccccc3c12. The van der Waals surface area contributed by atoms with Crippen LogP contribution >= 0.6 is 0 Å². The Hall–Kier alpha value is -3.19. The number of pyridine rings is 1. The predicted molar refractivity (Wildman–Crippen MR) is 124 cm³/mol. The van der Waals surface area contributed by atoms with Crippen molar-refractivity contribution in [3.8, 4) is 11.3 Å². The van der Waals surface area contributed by atoms with Gasteiger partial charge in [0.05, 0.1) is 0 Å². The average Bonchev–Trinajstić information content (AvgIpc) is 2.74. The first-order valence-corrected chi connectivity index (χ1v) is 10.4. The topological polar surface area (TPSA) is 3.88 Å². The molecule has 0 aliphatic rings. The fraction of sp³-hybridized carbons (Fsp3) is 0.179. The van der Waals surface area contributed by atoms with Crippen molar-refractivity contribution in [3.05, 3.63) is 90.0 Å². The summed E-state index contributed by atoms with van der Waals surface area (Å²) in [5.74, 6) is 0.542. The number of hydrogen-bond donors (Lipinski definition) is 0. The van der Waals surface area contributed by atoms with Gasteiger partial charge in [-0.05, 0) is 63.7 Å². The first kappa shape index (κ1) is 17.9. The molecule has 0 bridgehead atoms. The maximum atomic E-state index is 2.33. The smallest absolute Gasteiger partial charge is 0.194 e. The van der Waals surface area contributed by atoms with E-state index in [1.165, 1.54) is 54.8 Å². The van der Waals surface area contributed by atoms with Crippen molar-refractivity contribution in [2.45, 2.75) is 26.7 Å². The van der Waals surface area contributed by atoms with Gasteiger partial charge in [0, 0.05) is 23.1 Å². The first-order valence-electron chi connectivity index (χ1n) is 10.4. The number of aryl methyl sites for hydroxylation is 2. The van der Waals surface area contributed by atoms with Gasteiger partial charge in [0.25, 0.3) is 0 Å². The lowest BCUT2D eigenvalue weighted by molar-refractivity contribution is -0.633. The lowest BCUT2D eigenvalue weighted by Crippen LogP contribution is -2.32. The van der Waals surface area contributed by atoms with E-state index in [0.717, 1.165) is 0 Å². The molecule has 5 aromatic rings. The molecule has 0 saturated carbocycles. The van der Waals surface area contributed by atoms with Crippen molar-refractivity contribution < 1.29 is 4.57 Å². The van der Waals surface area contributed by atoms with Gasteiger partial charge in [-0.2, -0.15) is 4.57 Å². The largest absolute Gasteiger partial charge is 0.213 e. The number of nitrogens with zero attached hydrogens (tertiary/aromatic N) is 1. The Labute approximate surface area is 172 Å². The minimum Gasteiger partial charge on any atom is -0.194 e. The second kappa shape index (κ2) is 6.70. The van der Waals surface area contributed by atoms with Crippen LogP contribution in [0.2, 0.25) is 0 Å². The highest BCUT2D eigenvalue weighted by Gasteiger charge is 2.18. The van der Waals surface area contributed by atoms with E-state index in [-0.39, 0.29) is 0 Å². The third kappa shape index (κ3) is 2.81. The van der Waals surface area contributed by atoms with Crippen molar-refractivity contribution in [3.63, 3.8) is 0 Å². The molecule has 29 heavy (non-hydrogen) atoms. The molecule has 0 radical (unpaired) electrons. The lowest BCUT2D eigenvalue weighted by atomic mass is 9.93. The van der Waals surface area contributed by atoms with E-state index in [1.54, 1.807) is 0 Å². The molecule has 0 amide bonds. The molecule has 1 heterocycles. The van der Waals surface area contributed by atoms with Crippen LogP contribution in [0.25, 0.3) is 43.7 Å². The molecule has 1 heteroatoms. The molecular weight excluding hydrogens is 350 g/mol. The number of hydrogen-bond acceptors (Lipinski definition) is 0. The molecule has 0 spiro atoms. The molecule has 0 saturated heterocycles. The van der Waals surface area contributed by atoms with E-state index >= 15 is 0 Å². The van der Waals surface area contributed by atoms with Crippen molar-refractivity contribution >= 4 is 32.4 Å². The van der Waals surface area contributed by atoms with Gasteiger partial charge in [-0.15, -0.1) is 0 Å². The Morgan fingerprint density at radius 2 is 1.45 bits per heavy atom. The number of rotatable bonds is 2. The van der Waals surface area contributed by atoms with Crippen molar-refractivity contribution in [1.82, 2.24) is 0 Å². The van der Waals surface area contributed by atoms with Crippen LogP contribution in [0.15, 0.2) is 78.9 Å². The van der Waals surface area contributed by atoms with E-state index in [9.17, 15) is 0 Å². The molecule has 0 N–H and O–H groups in total. The number of fused-ring (bicyclic) bond motifs is 4. The van der Waals surface area contributed by atoms with Crippen LogP contribution in [-0.4, -0.2) is 0 Å². The van der Waals surface area contributed by atoms with Crippen LogP contribution in [0, 0.1) is 6.92 Å². The van der Waals surface area contributed by atoms with Gasteiger partial charge in [0.15, 0.2) is 0 Å². The fourth-order valence-corrected chi connectivity index (χ4v) is 4.61. The lowest BCUT2D eigenvalue weighted by Gasteiger charge is -2.12. The van der Waals surface area contributed by atoms with Crippen molar-refractivity contribution in [2.24, 2.45) is 7.05 Å². The van der Waals surface area contributed by atoms with E-state index in [4.69, 9.17) is 0 Å². The summed E-state index contributed by atoms with van der Waals surface area (Å²) in [6.45, 7) is 6.76. The van der Waals surface area contributed by atoms with Gasteiger partial charge in [-0.1, -0.05) is 62.4 Å².